The summed E-state index contributed by atoms with van der Waals surface area (Å²) in [6.45, 7) is -0.765. The van der Waals surface area contributed by atoms with Gasteiger partial charge in [0.25, 0.3) is 20.6 Å². The van der Waals surface area contributed by atoms with Crippen LogP contribution in [0.15, 0.2) is 22.2 Å². The molecule has 5 heterocycles. The molecule has 38 heavy (non-hydrogen) atoms. The van der Waals surface area contributed by atoms with Gasteiger partial charge < -0.3 is 40.2 Å². The number of imidazole rings is 1. The third-order valence-electron chi connectivity index (χ3n) is 6.18. The van der Waals surface area contributed by atoms with Gasteiger partial charge in [-0.3, -0.25) is 23.5 Å². The Morgan fingerprint density at radius 2 is 1.84 bits per heavy atom. The fraction of sp³-hybridized carbons (Fsp3) is 0.556. The number of aromatic amines is 1. The van der Waals surface area contributed by atoms with E-state index in [1.807, 2.05) is 0 Å². The van der Waals surface area contributed by atoms with Crippen LogP contribution in [0.25, 0.3) is 11.2 Å². The van der Waals surface area contributed by atoms with Crippen LogP contribution in [0.4, 0.5) is 11.9 Å². The smallest absolute Gasteiger partial charge is 0.354 e. The third kappa shape index (κ3) is 5.21. The first-order valence-electron chi connectivity index (χ1n) is 11.5. The number of hydrogen-bond acceptors (Lipinski definition) is 15. The second kappa shape index (κ2) is 10.2. The molecule has 2 saturated heterocycles. The highest BCUT2D eigenvalue weighted by Crippen LogP contribution is 2.48. The zero-order valence-electron chi connectivity index (χ0n) is 20.0. The van der Waals surface area contributed by atoms with Crippen molar-refractivity contribution in [2.45, 2.75) is 49.7 Å². The number of H-pyrrole nitrogens is 1. The summed E-state index contributed by atoms with van der Waals surface area (Å²) in [6.07, 6.45) is -2.63. The molecule has 0 saturated carbocycles. The van der Waals surface area contributed by atoms with E-state index >= 15 is 0 Å². The summed E-state index contributed by atoms with van der Waals surface area (Å²) in [6, 6.07) is 0. The average molecular weight is 553 g/mol. The van der Waals surface area contributed by atoms with E-state index in [1.54, 1.807) is 0 Å². The summed E-state index contributed by atoms with van der Waals surface area (Å²) in [5.41, 5.74) is 10.1. The van der Waals surface area contributed by atoms with Gasteiger partial charge >= 0.3 is 5.69 Å². The first-order chi connectivity index (χ1) is 18.0. The first-order valence-corrected chi connectivity index (χ1v) is 13.5. The first kappa shape index (κ1) is 26.4. The number of aliphatic hydroxyl groups is 2. The van der Waals surface area contributed by atoms with Crippen LogP contribution in [0.5, 0.6) is 0 Å². The van der Waals surface area contributed by atoms with E-state index < -0.39 is 62.2 Å². The van der Waals surface area contributed by atoms with E-state index in [2.05, 4.69) is 24.9 Å². The molecule has 0 spiro atoms. The van der Waals surface area contributed by atoms with E-state index in [0.717, 1.165) is 10.9 Å². The minimum absolute atomic E-state index is 0.0488. The Labute approximate surface area is 213 Å². The van der Waals surface area contributed by atoms with Gasteiger partial charge in [-0.25, -0.2) is 14.8 Å². The van der Waals surface area contributed by atoms with Crippen LogP contribution in [0.3, 0.4) is 0 Å². The van der Waals surface area contributed by atoms with Crippen molar-refractivity contribution in [3.8, 4) is 0 Å². The molecule has 7 atom stereocenters. The van der Waals surface area contributed by atoms with Gasteiger partial charge in [0.15, 0.2) is 11.2 Å². The maximum absolute atomic E-state index is 13.1. The topological polar surface area (TPSA) is 258 Å². The average Bonchev–Trinajstić information content (AvgIpc) is 3.54. The van der Waals surface area contributed by atoms with Crippen molar-refractivity contribution in [3.05, 3.63) is 33.5 Å². The van der Waals surface area contributed by atoms with Crippen molar-refractivity contribution in [1.29, 1.82) is 0 Å². The van der Waals surface area contributed by atoms with E-state index in [4.69, 9.17) is 30.0 Å². The molecule has 3 unspecified atom stereocenters. The lowest BCUT2D eigenvalue weighted by Crippen LogP contribution is -2.29. The van der Waals surface area contributed by atoms with Crippen molar-refractivity contribution in [3.63, 3.8) is 0 Å². The number of nitrogens with two attached hydrogens (primary N) is 2. The number of nitrogen functional groups attached to an aromatic ring is 2. The van der Waals surface area contributed by atoms with Crippen LogP contribution in [0.1, 0.15) is 25.3 Å². The standard InChI is InChI=1S/C18H25BN9O9P/c19-38(33,37-8-2-12(35-9(8)3-29)28-6-23-16(20)26-18(28)32)34-4-10-7(30)1-11(36-10)27-5-22-13-14(27)24-17(21)25-15(13)31/h5-12,29-30H,1-4,19H2,(H2,20,26,32)(H3,21,24,25,31)/t7-,8-,9?,10?,11-,12-,38?/m1/s1. The number of nitrogens with one attached hydrogen (secondary N) is 1. The molecule has 0 aromatic carbocycles. The lowest BCUT2D eigenvalue weighted by Gasteiger charge is -2.24. The van der Waals surface area contributed by atoms with Crippen LogP contribution in [-0.4, -0.2) is 89.5 Å². The Balaban J connectivity index is 1.22. The van der Waals surface area contributed by atoms with Gasteiger partial charge in [-0.1, -0.05) is 0 Å². The summed E-state index contributed by atoms with van der Waals surface area (Å²) in [5, 5.41) is 20.2. The minimum Gasteiger partial charge on any atom is -0.394 e. The molecule has 2 fully saturated rings. The van der Waals surface area contributed by atoms with Gasteiger partial charge in [0.1, 0.15) is 31.0 Å². The van der Waals surface area contributed by atoms with Gasteiger partial charge in [0.05, 0.1) is 31.7 Å². The molecule has 0 aliphatic carbocycles. The van der Waals surface area contributed by atoms with Crippen molar-refractivity contribution in [2.24, 2.45) is 0 Å². The second-order valence-electron chi connectivity index (χ2n) is 8.87. The summed E-state index contributed by atoms with van der Waals surface area (Å²) in [5.74, 6) is -0.295. The van der Waals surface area contributed by atoms with Crippen molar-refractivity contribution in [2.75, 3.05) is 24.7 Å². The van der Waals surface area contributed by atoms with E-state index in [9.17, 15) is 24.4 Å². The Kier molecular flexibility index (Phi) is 7.08. The molecule has 20 heteroatoms. The lowest BCUT2D eigenvalue weighted by atomic mass is 10.2. The van der Waals surface area contributed by atoms with Gasteiger partial charge in [-0.2, -0.15) is 9.97 Å². The van der Waals surface area contributed by atoms with Crippen LogP contribution in [0.2, 0.25) is 0 Å². The van der Waals surface area contributed by atoms with E-state index in [-0.39, 0.29) is 42.5 Å². The zero-order valence-corrected chi connectivity index (χ0v) is 20.9. The molecule has 0 radical (unpaired) electrons. The zero-order chi connectivity index (χ0) is 27.2. The largest absolute Gasteiger partial charge is 0.394 e. The van der Waals surface area contributed by atoms with Crippen molar-refractivity contribution < 1.29 is 33.3 Å². The molecule has 18 nitrogen and oxygen atoms in total. The second-order valence-corrected chi connectivity index (χ2v) is 10.9. The Bertz CT molecular complexity index is 1500. The normalized spacial score (nSPS) is 29.1. The predicted molar refractivity (Wildman–Crippen MR) is 130 cm³/mol. The lowest BCUT2D eigenvalue weighted by molar-refractivity contribution is -0.0501. The van der Waals surface area contributed by atoms with Gasteiger partial charge in [0.2, 0.25) is 11.9 Å². The highest BCUT2D eigenvalue weighted by Gasteiger charge is 2.42. The third-order valence-corrected chi connectivity index (χ3v) is 7.45. The maximum atomic E-state index is 13.1. The quantitative estimate of drug-likeness (QED) is 0.138. The minimum atomic E-state index is -3.76. The molecular formula is C18H25BN9O9P. The molecular weight excluding hydrogens is 528 g/mol. The molecule has 3 aromatic heterocycles. The molecule has 2 aliphatic rings. The highest BCUT2D eigenvalue weighted by atomic mass is 31.2. The van der Waals surface area contributed by atoms with Crippen molar-refractivity contribution >= 4 is 38.1 Å². The number of aliphatic hydroxyl groups excluding tert-OH is 2. The van der Waals surface area contributed by atoms with Gasteiger partial charge in [-0.05, 0) is 0 Å². The monoisotopic (exact) mass is 553 g/mol. The number of nitrogens with zero attached hydrogens (tertiary/aromatic N) is 6. The molecule has 2 aliphatic heterocycles. The Morgan fingerprint density at radius 1 is 1.13 bits per heavy atom. The number of rotatable bonds is 8. The summed E-state index contributed by atoms with van der Waals surface area (Å²) >= 11 is 0. The summed E-state index contributed by atoms with van der Waals surface area (Å²) < 4.78 is 38.3. The molecule has 204 valence electrons. The van der Waals surface area contributed by atoms with Crippen molar-refractivity contribution in [1.82, 2.24) is 34.1 Å². The molecule has 7 N–H and O–H groups in total. The molecule has 0 bridgehead atoms. The maximum Gasteiger partial charge on any atom is 0.354 e. The number of fused-ring (bicyclic) bond motifs is 1. The van der Waals surface area contributed by atoms with Crippen LogP contribution in [-0.2, 0) is 23.1 Å². The number of anilines is 2. The summed E-state index contributed by atoms with van der Waals surface area (Å²) in [4.78, 5) is 41.9. The number of ether oxygens (including phenoxy) is 2. The molecule has 0 amide bonds. The Morgan fingerprint density at radius 3 is 2.58 bits per heavy atom. The summed E-state index contributed by atoms with van der Waals surface area (Å²) in [7, 11) is -2.52. The van der Waals surface area contributed by atoms with Crippen LogP contribution in [0, 0.1) is 0 Å². The van der Waals surface area contributed by atoms with E-state index in [1.165, 1.54) is 18.5 Å². The molecule has 5 rings (SSSR count). The van der Waals surface area contributed by atoms with Gasteiger partial charge in [0, 0.05) is 12.8 Å². The molecule has 3 aromatic rings. The van der Waals surface area contributed by atoms with Crippen LogP contribution < -0.4 is 22.7 Å². The van der Waals surface area contributed by atoms with Crippen LogP contribution >= 0.6 is 7.47 Å². The fourth-order valence-electron chi connectivity index (χ4n) is 4.37. The van der Waals surface area contributed by atoms with E-state index in [0.29, 0.717) is 0 Å². The fourth-order valence-corrected chi connectivity index (χ4v) is 5.57. The number of hydrogen-bond donors (Lipinski definition) is 5. The van der Waals surface area contributed by atoms with Gasteiger partial charge in [-0.15, -0.1) is 0 Å². The predicted octanol–water partition coefficient (Wildman–Crippen LogP) is -2.99. The SMILES string of the molecule is BP(=O)(OCC1O[C@@H](n2cnc3c(=O)[nH]c(N)nc32)C[C@H]1O)O[C@@H]1C[C@H](n2cnc(N)nc2=O)OC1CO. The Hall–Kier alpha value is -3.19. The highest BCUT2D eigenvalue weighted by molar-refractivity contribution is 7.79. The number of aromatic nitrogens is 7.